The highest BCUT2D eigenvalue weighted by molar-refractivity contribution is 9.10. The van der Waals surface area contributed by atoms with E-state index in [1.54, 1.807) is 23.8 Å². The summed E-state index contributed by atoms with van der Waals surface area (Å²) >= 11 is 5.02. The fourth-order valence-electron chi connectivity index (χ4n) is 3.95. The van der Waals surface area contributed by atoms with Crippen molar-refractivity contribution in [3.8, 4) is 5.75 Å². The molecule has 0 aliphatic rings. The second-order valence-electron chi connectivity index (χ2n) is 8.84. The Balaban J connectivity index is 1.84. The third-order valence-electron chi connectivity index (χ3n) is 6.00. The highest BCUT2D eigenvalue weighted by Crippen LogP contribution is 2.21. The molecule has 0 saturated carbocycles. The van der Waals surface area contributed by atoms with Gasteiger partial charge in [-0.1, -0.05) is 83.9 Å². The number of halogens is 1. The van der Waals surface area contributed by atoms with Gasteiger partial charge in [0.05, 0.1) is 12.9 Å². The van der Waals surface area contributed by atoms with Crippen LogP contribution in [0.1, 0.15) is 36.5 Å². The molecular formula is C30H35BrN2O3S. The minimum atomic E-state index is -0.619. The van der Waals surface area contributed by atoms with E-state index in [0.717, 1.165) is 45.5 Å². The van der Waals surface area contributed by atoms with Gasteiger partial charge in [0.25, 0.3) is 0 Å². The Labute approximate surface area is 233 Å². The number of benzene rings is 3. The van der Waals surface area contributed by atoms with Crippen molar-refractivity contribution in [1.29, 1.82) is 0 Å². The van der Waals surface area contributed by atoms with E-state index in [2.05, 4.69) is 40.3 Å². The fraction of sp³-hybridized carbons (Fsp3) is 0.333. The van der Waals surface area contributed by atoms with Gasteiger partial charge >= 0.3 is 0 Å². The molecule has 0 unspecified atom stereocenters. The number of hydrogen-bond donors (Lipinski definition) is 1. The summed E-state index contributed by atoms with van der Waals surface area (Å²) in [5, 5.41) is 3.07. The number of carbonyl (C=O) groups is 2. The monoisotopic (exact) mass is 582 g/mol. The van der Waals surface area contributed by atoms with E-state index in [4.69, 9.17) is 4.74 Å². The lowest BCUT2D eigenvalue weighted by atomic mass is 10.0. The maximum absolute atomic E-state index is 13.7. The molecule has 0 spiro atoms. The molecule has 3 aromatic carbocycles. The molecule has 0 radical (unpaired) electrons. The SMILES string of the molecule is CCCCNC(=O)[C@@H](Cc1ccccc1)N(Cc1cccc(OC)c1)C(=O)CSCc1ccc(Br)cc1. The van der Waals surface area contributed by atoms with Crippen LogP contribution in [0, 0.1) is 0 Å². The molecule has 1 atom stereocenters. The zero-order chi connectivity index (χ0) is 26.5. The normalized spacial score (nSPS) is 11.5. The standard InChI is InChI=1S/C30H35BrN2O3S/c1-3-4-17-32-30(35)28(19-23-9-6-5-7-10-23)33(20-25-11-8-12-27(18-25)36-2)29(34)22-37-21-24-13-15-26(31)16-14-24/h5-16,18,28H,3-4,17,19-22H2,1-2H3,(H,32,35)/t28-/m1/s1. The first-order chi connectivity index (χ1) is 18.0. The van der Waals surface area contributed by atoms with Crippen LogP contribution in [0.15, 0.2) is 83.3 Å². The van der Waals surface area contributed by atoms with E-state index in [-0.39, 0.29) is 17.6 Å². The predicted octanol–water partition coefficient (Wildman–Crippen LogP) is 6.25. The number of methoxy groups -OCH3 is 1. The van der Waals surface area contributed by atoms with Crippen LogP contribution >= 0.6 is 27.7 Å². The molecule has 1 N–H and O–H groups in total. The number of rotatable bonds is 14. The molecule has 0 fully saturated rings. The lowest BCUT2D eigenvalue weighted by Gasteiger charge is -2.31. The van der Waals surface area contributed by atoms with Gasteiger partial charge in [-0.15, -0.1) is 11.8 Å². The Morgan fingerprint density at radius 3 is 2.41 bits per heavy atom. The summed E-state index contributed by atoms with van der Waals surface area (Å²) in [6.07, 6.45) is 2.34. The lowest BCUT2D eigenvalue weighted by molar-refractivity contribution is -0.139. The molecule has 0 saturated heterocycles. The Hall–Kier alpha value is -2.77. The van der Waals surface area contributed by atoms with E-state index < -0.39 is 6.04 Å². The van der Waals surface area contributed by atoms with Crippen molar-refractivity contribution >= 4 is 39.5 Å². The van der Waals surface area contributed by atoms with Gasteiger partial charge in [0.1, 0.15) is 11.8 Å². The number of carbonyl (C=O) groups excluding carboxylic acids is 2. The fourth-order valence-corrected chi connectivity index (χ4v) is 5.08. The molecule has 0 aliphatic heterocycles. The zero-order valence-corrected chi connectivity index (χ0v) is 23.9. The second-order valence-corrected chi connectivity index (χ2v) is 10.7. The minimum Gasteiger partial charge on any atom is -0.497 e. The number of nitrogens with zero attached hydrogens (tertiary/aromatic N) is 1. The Kier molecular flexibility index (Phi) is 12.0. The zero-order valence-electron chi connectivity index (χ0n) is 21.5. The Bertz CT molecular complexity index is 1130. The van der Waals surface area contributed by atoms with Crippen LogP contribution in [0.25, 0.3) is 0 Å². The number of hydrogen-bond acceptors (Lipinski definition) is 4. The van der Waals surface area contributed by atoms with Crippen molar-refractivity contribution in [2.45, 2.75) is 44.5 Å². The van der Waals surface area contributed by atoms with Crippen LogP contribution in [0.4, 0.5) is 0 Å². The molecule has 0 aliphatic carbocycles. The largest absolute Gasteiger partial charge is 0.497 e. The first-order valence-corrected chi connectivity index (χ1v) is 14.5. The summed E-state index contributed by atoms with van der Waals surface area (Å²) in [6, 6.07) is 25.0. The van der Waals surface area contributed by atoms with Gasteiger partial charge in [-0.3, -0.25) is 9.59 Å². The number of nitrogens with one attached hydrogen (secondary N) is 1. The summed E-state index contributed by atoms with van der Waals surface area (Å²) in [5.74, 6) is 1.55. The van der Waals surface area contributed by atoms with Crippen LogP contribution in [0.5, 0.6) is 5.75 Å². The average Bonchev–Trinajstić information content (AvgIpc) is 2.92. The maximum atomic E-state index is 13.7. The molecule has 5 nitrogen and oxygen atoms in total. The molecule has 3 aromatic rings. The van der Waals surface area contributed by atoms with Crippen molar-refractivity contribution in [1.82, 2.24) is 10.2 Å². The van der Waals surface area contributed by atoms with Crippen LogP contribution in [0.2, 0.25) is 0 Å². The third-order valence-corrected chi connectivity index (χ3v) is 7.51. The van der Waals surface area contributed by atoms with Gasteiger partial charge in [-0.25, -0.2) is 0 Å². The van der Waals surface area contributed by atoms with Gasteiger partial charge < -0.3 is 15.0 Å². The summed E-state index contributed by atoms with van der Waals surface area (Å²) in [5.41, 5.74) is 3.09. The van der Waals surface area contributed by atoms with E-state index in [0.29, 0.717) is 19.5 Å². The molecule has 7 heteroatoms. The smallest absolute Gasteiger partial charge is 0.243 e. The summed E-state index contributed by atoms with van der Waals surface area (Å²) < 4.78 is 6.43. The average molecular weight is 584 g/mol. The number of ether oxygens (including phenoxy) is 1. The van der Waals surface area contributed by atoms with Crippen molar-refractivity contribution in [2.24, 2.45) is 0 Å². The number of unbranched alkanes of at least 4 members (excludes halogenated alkanes) is 1. The maximum Gasteiger partial charge on any atom is 0.243 e. The molecule has 0 heterocycles. The van der Waals surface area contributed by atoms with E-state index >= 15 is 0 Å². The van der Waals surface area contributed by atoms with E-state index in [1.807, 2.05) is 66.7 Å². The lowest BCUT2D eigenvalue weighted by Crippen LogP contribution is -2.51. The molecular weight excluding hydrogens is 548 g/mol. The van der Waals surface area contributed by atoms with Crippen LogP contribution < -0.4 is 10.1 Å². The summed E-state index contributed by atoms with van der Waals surface area (Å²) in [4.78, 5) is 28.9. The van der Waals surface area contributed by atoms with Gasteiger partial charge in [-0.2, -0.15) is 0 Å². The van der Waals surface area contributed by atoms with Gasteiger partial charge in [0.15, 0.2) is 0 Å². The molecule has 0 aromatic heterocycles. The molecule has 3 rings (SSSR count). The molecule has 0 bridgehead atoms. The quantitative estimate of drug-likeness (QED) is 0.228. The van der Waals surface area contributed by atoms with Crippen molar-refractivity contribution in [3.05, 3.63) is 100 Å². The summed E-state index contributed by atoms with van der Waals surface area (Å²) in [6.45, 7) is 3.02. The second kappa shape index (κ2) is 15.5. The van der Waals surface area contributed by atoms with E-state index in [9.17, 15) is 9.59 Å². The predicted molar refractivity (Wildman–Crippen MR) is 156 cm³/mol. The Morgan fingerprint density at radius 2 is 1.70 bits per heavy atom. The first kappa shape index (κ1) is 28.8. The van der Waals surface area contributed by atoms with Crippen LogP contribution in [-0.2, 0) is 28.3 Å². The van der Waals surface area contributed by atoms with Crippen LogP contribution in [-0.4, -0.2) is 42.2 Å². The Morgan fingerprint density at radius 1 is 0.973 bits per heavy atom. The highest BCUT2D eigenvalue weighted by Gasteiger charge is 2.30. The van der Waals surface area contributed by atoms with Gasteiger partial charge in [0, 0.05) is 29.7 Å². The van der Waals surface area contributed by atoms with Gasteiger partial charge in [-0.05, 0) is 47.4 Å². The number of thioether (sulfide) groups is 1. The van der Waals surface area contributed by atoms with Crippen molar-refractivity contribution in [3.63, 3.8) is 0 Å². The molecule has 37 heavy (non-hydrogen) atoms. The summed E-state index contributed by atoms with van der Waals surface area (Å²) in [7, 11) is 1.63. The third kappa shape index (κ3) is 9.56. The number of amides is 2. The molecule has 196 valence electrons. The molecule has 2 amide bonds. The highest BCUT2D eigenvalue weighted by atomic mass is 79.9. The first-order valence-electron chi connectivity index (χ1n) is 12.6. The van der Waals surface area contributed by atoms with Crippen LogP contribution in [0.3, 0.4) is 0 Å². The van der Waals surface area contributed by atoms with Crippen molar-refractivity contribution < 1.29 is 14.3 Å². The van der Waals surface area contributed by atoms with Gasteiger partial charge in [0.2, 0.25) is 11.8 Å². The van der Waals surface area contributed by atoms with E-state index in [1.165, 1.54) is 0 Å². The van der Waals surface area contributed by atoms with Crippen molar-refractivity contribution in [2.75, 3.05) is 19.4 Å². The minimum absolute atomic E-state index is 0.0588. The topological polar surface area (TPSA) is 58.6 Å².